The number of hydrogen-bond donors (Lipinski definition) is 2. The lowest BCUT2D eigenvalue weighted by molar-refractivity contribution is 0.0991. The Morgan fingerprint density at radius 1 is 1.15 bits per heavy atom. The van der Waals surface area contributed by atoms with Crippen molar-refractivity contribution < 1.29 is 9.53 Å². The number of halogens is 1. The van der Waals surface area contributed by atoms with E-state index in [4.69, 9.17) is 22.1 Å². The number of amides is 1. The predicted octanol–water partition coefficient (Wildman–Crippen LogP) is 4.41. The van der Waals surface area contributed by atoms with Crippen molar-refractivity contribution in [3.05, 3.63) is 89.3 Å². The third-order valence-electron chi connectivity index (χ3n) is 4.90. The van der Waals surface area contributed by atoms with E-state index < -0.39 is 5.91 Å². The number of anilines is 3. The van der Waals surface area contributed by atoms with Crippen LogP contribution in [0.1, 0.15) is 16.1 Å². The molecule has 0 unspecified atom stereocenters. The van der Waals surface area contributed by atoms with E-state index >= 15 is 0 Å². The molecule has 0 bridgehead atoms. The number of ether oxygens (including phenoxy) is 1. The summed E-state index contributed by atoms with van der Waals surface area (Å²) in [7, 11) is 3.88. The van der Waals surface area contributed by atoms with Crippen molar-refractivity contribution >= 4 is 34.7 Å². The minimum atomic E-state index is -0.686. The summed E-state index contributed by atoms with van der Waals surface area (Å²) in [4.78, 5) is 18.3. The van der Waals surface area contributed by atoms with Crippen molar-refractivity contribution in [3.63, 3.8) is 0 Å². The van der Waals surface area contributed by atoms with Crippen molar-refractivity contribution in [2.45, 2.75) is 6.61 Å². The zero-order valence-corrected chi connectivity index (χ0v) is 19.0. The van der Waals surface area contributed by atoms with Crippen molar-refractivity contribution in [2.24, 2.45) is 5.73 Å². The number of carbonyl (C=O) groups is 1. The SMILES string of the molecule is CN(C)c1ccc(COc2cn(-c3ccnc(Nc4ccccc4)c3)nc2C(N)=O)c(Cl)c1. The number of para-hydroxylation sites is 1. The second-order valence-electron chi connectivity index (χ2n) is 7.50. The summed E-state index contributed by atoms with van der Waals surface area (Å²) in [5.41, 5.74) is 8.93. The molecule has 0 saturated heterocycles. The first-order valence-corrected chi connectivity index (χ1v) is 10.5. The number of nitrogens with zero attached hydrogens (tertiary/aromatic N) is 4. The van der Waals surface area contributed by atoms with Gasteiger partial charge in [-0.05, 0) is 30.3 Å². The molecule has 168 valence electrons. The molecule has 0 aliphatic carbocycles. The first-order valence-electron chi connectivity index (χ1n) is 10.2. The van der Waals surface area contributed by atoms with Crippen molar-refractivity contribution in [1.29, 1.82) is 0 Å². The van der Waals surface area contributed by atoms with Gasteiger partial charge in [0.2, 0.25) is 0 Å². The molecule has 0 aliphatic heterocycles. The quantitative estimate of drug-likeness (QED) is 0.402. The first kappa shape index (κ1) is 22.2. The molecule has 0 saturated carbocycles. The number of benzene rings is 2. The number of nitrogens with one attached hydrogen (secondary N) is 1. The lowest BCUT2D eigenvalue weighted by atomic mass is 10.2. The summed E-state index contributed by atoms with van der Waals surface area (Å²) in [6.45, 7) is 0.162. The van der Waals surface area contributed by atoms with Crippen LogP contribution < -0.4 is 20.7 Å². The predicted molar refractivity (Wildman–Crippen MR) is 130 cm³/mol. The molecule has 0 fully saturated rings. The maximum Gasteiger partial charge on any atom is 0.273 e. The summed E-state index contributed by atoms with van der Waals surface area (Å²) in [5, 5.41) is 8.12. The summed E-state index contributed by atoms with van der Waals surface area (Å²) in [6.07, 6.45) is 3.27. The monoisotopic (exact) mass is 462 g/mol. The van der Waals surface area contributed by atoms with Gasteiger partial charge in [-0.15, -0.1) is 0 Å². The Labute approximate surface area is 196 Å². The number of primary amides is 1. The summed E-state index contributed by atoms with van der Waals surface area (Å²) in [5.74, 6) is 0.212. The lowest BCUT2D eigenvalue weighted by Crippen LogP contribution is -2.14. The fraction of sp³-hybridized carbons (Fsp3) is 0.125. The molecule has 2 aromatic carbocycles. The molecule has 0 atom stereocenters. The fourth-order valence-electron chi connectivity index (χ4n) is 3.15. The molecular weight excluding hydrogens is 440 g/mol. The van der Waals surface area contributed by atoms with E-state index in [9.17, 15) is 4.79 Å². The summed E-state index contributed by atoms with van der Waals surface area (Å²) >= 11 is 6.39. The molecule has 8 nitrogen and oxygen atoms in total. The van der Waals surface area contributed by atoms with Crippen LogP contribution in [0, 0.1) is 0 Å². The molecule has 0 aliphatic rings. The van der Waals surface area contributed by atoms with E-state index in [2.05, 4.69) is 15.4 Å². The van der Waals surface area contributed by atoms with Crippen LogP contribution in [0.2, 0.25) is 5.02 Å². The Balaban J connectivity index is 1.56. The fourth-order valence-corrected chi connectivity index (χ4v) is 3.38. The molecule has 9 heteroatoms. The van der Waals surface area contributed by atoms with Gasteiger partial charge in [-0.3, -0.25) is 4.79 Å². The third kappa shape index (κ3) is 5.24. The largest absolute Gasteiger partial charge is 0.485 e. The van der Waals surface area contributed by atoms with Crippen LogP contribution in [-0.2, 0) is 6.61 Å². The van der Waals surface area contributed by atoms with Gasteiger partial charge in [0.05, 0.1) is 11.9 Å². The normalized spacial score (nSPS) is 10.6. The summed E-state index contributed by atoms with van der Waals surface area (Å²) in [6, 6.07) is 19.0. The van der Waals surface area contributed by atoms with Crippen molar-refractivity contribution in [1.82, 2.24) is 14.8 Å². The van der Waals surface area contributed by atoms with Gasteiger partial charge in [0.15, 0.2) is 11.4 Å². The molecule has 0 spiro atoms. The second-order valence-corrected chi connectivity index (χ2v) is 7.91. The van der Waals surface area contributed by atoms with Gasteiger partial charge in [0.1, 0.15) is 12.4 Å². The minimum absolute atomic E-state index is 0.0328. The van der Waals surface area contributed by atoms with Gasteiger partial charge < -0.3 is 20.7 Å². The lowest BCUT2D eigenvalue weighted by Gasteiger charge is -2.14. The molecule has 1 amide bonds. The molecule has 2 heterocycles. The number of carbonyl (C=O) groups excluding carboxylic acids is 1. The molecule has 3 N–H and O–H groups in total. The molecular formula is C24H23ClN6O2. The number of pyridine rings is 1. The van der Waals surface area contributed by atoms with Crippen LogP contribution in [0.4, 0.5) is 17.2 Å². The zero-order chi connectivity index (χ0) is 23.4. The van der Waals surface area contributed by atoms with Gasteiger partial charge in [0, 0.05) is 48.3 Å². The van der Waals surface area contributed by atoms with Gasteiger partial charge in [-0.2, -0.15) is 5.10 Å². The maximum absolute atomic E-state index is 12.0. The molecule has 0 radical (unpaired) electrons. The van der Waals surface area contributed by atoms with Crippen LogP contribution >= 0.6 is 11.6 Å². The Morgan fingerprint density at radius 2 is 1.94 bits per heavy atom. The number of rotatable bonds is 8. The Morgan fingerprint density at radius 3 is 2.64 bits per heavy atom. The minimum Gasteiger partial charge on any atom is -0.485 e. The van der Waals surface area contributed by atoms with Crippen LogP contribution in [0.5, 0.6) is 5.75 Å². The van der Waals surface area contributed by atoms with Crippen LogP contribution in [0.3, 0.4) is 0 Å². The van der Waals surface area contributed by atoms with Gasteiger partial charge in [-0.25, -0.2) is 9.67 Å². The van der Waals surface area contributed by atoms with Gasteiger partial charge >= 0.3 is 0 Å². The van der Waals surface area contributed by atoms with Crippen LogP contribution in [0.25, 0.3) is 5.69 Å². The van der Waals surface area contributed by atoms with E-state index in [1.807, 2.05) is 73.6 Å². The molecule has 33 heavy (non-hydrogen) atoms. The Bertz CT molecular complexity index is 1270. The zero-order valence-electron chi connectivity index (χ0n) is 18.2. The second kappa shape index (κ2) is 9.62. The van der Waals surface area contributed by atoms with E-state index in [1.54, 1.807) is 18.5 Å². The highest BCUT2D eigenvalue weighted by molar-refractivity contribution is 6.31. The van der Waals surface area contributed by atoms with Crippen LogP contribution in [-0.4, -0.2) is 34.8 Å². The van der Waals surface area contributed by atoms with Gasteiger partial charge in [0.25, 0.3) is 5.91 Å². The standard InChI is InChI=1S/C24H23ClN6O2/c1-30(2)18-9-8-16(20(25)12-18)15-33-21-14-31(29-23(21)24(26)32)19-10-11-27-22(13-19)28-17-6-4-3-5-7-17/h3-14H,15H2,1-2H3,(H2,26,32)(H,27,28). The number of hydrogen-bond acceptors (Lipinski definition) is 6. The van der Waals surface area contributed by atoms with Crippen molar-refractivity contribution in [2.75, 3.05) is 24.3 Å². The molecule has 4 aromatic rings. The number of aromatic nitrogens is 3. The average molecular weight is 463 g/mol. The van der Waals surface area contributed by atoms with E-state index in [1.165, 1.54) is 4.68 Å². The topological polar surface area (TPSA) is 98.3 Å². The van der Waals surface area contributed by atoms with E-state index in [0.717, 1.165) is 16.9 Å². The maximum atomic E-state index is 12.0. The summed E-state index contributed by atoms with van der Waals surface area (Å²) < 4.78 is 7.41. The van der Waals surface area contributed by atoms with Crippen molar-refractivity contribution in [3.8, 4) is 11.4 Å². The van der Waals surface area contributed by atoms with E-state index in [-0.39, 0.29) is 18.1 Å². The Kier molecular flexibility index (Phi) is 6.46. The highest BCUT2D eigenvalue weighted by atomic mass is 35.5. The highest BCUT2D eigenvalue weighted by Gasteiger charge is 2.17. The first-order chi connectivity index (χ1) is 15.9. The highest BCUT2D eigenvalue weighted by Crippen LogP contribution is 2.26. The number of nitrogens with two attached hydrogens (primary N) is 1. The average Bonchev–Trinajstić information content (AvgIpc) is 3.24. The van der Waals surface area contributed by atoms with Crippen LogP contribution in [0.15, 0.2) is 73.1 Å². The smallest absolute Gasteiger partial charge is 0.273 e. The molecule has 2 aromatic heterocycles. The van der Waals surface area contributed by atoms with E-state index in [0.29, 0.717) is 16.5 Å². The van der Waals surface area contributed by atoms with Gasteiger partial charge in [-0.1, -0.05) is 35.9 Å². The Hall–Kier alpha value is -4.04. The molecule has 4 rings (SSSR count). The third-order valence-corrected chi connectivity index (χ3v) is 5.26.